The molecule has 0 spiro atoms. The summed E-state index contributed by atoms with van der Waals surface area (Å²) >= 11 is 0. The summed E-state index contributed by atoms with van der Waals surface area (Å²) in [5.41, 5.74) is 2.26. The van der Waals surface area contributed by atoms with E-state index in [0.29, 0.717) is 18.5 Å². The van der Waals surface area contributed by atoms with E-state index in [0.717, 1.165) is 17.9 Å². The van der Waals surface area contributed by atoms with E-state index in [1.807, 2.05) is 19.9 Å². The first kappa shape index (κ1) is 14.4. The molecule has 0 aromatic carbocycles. The predicted molar refractivity (Wildman–Crippen MR) is 71.8 cm³/mol. The highest BCUT2D eigenvalue weighted by atomic mass is 16.3. The van der Waals surface area contributed by atoms with Gasteiger partial charge >= 0.3 is 0 Å². The van der Waals surface area contributed by atoms with Crippen LogP contribution < -0.4 is 5.32 Å². The second-order valence-electron chi connectivity index (χ2n) is 4.21. The van der Waals surface area contributed by atoms with E-state index >= 15 is 0 Å². The molecule has 5 heteroatoms. The van der Waals surface area contributed by atoms with Gasteiger partial charge in [-0.15, -0.1) is 0 Å². The second kappa shape index (κ2) is 6.96. The van der Waals surface area contributed by atoms with Gasteiger partial charge in [0, 0.05) is 38.6 Å². The maximum Gasteiger partial charge on any atom is 0.257 e. The first-order valence-electron chi connectivity index (χ1n) is 6.17. The lowest BCUT2D eigenvalue weighted by Gasteiger charge is -2.19. The van der Waals surface area contributed by atoms with Gasteiger partial charge in [-0.25, -0.2) is 0 Å². The number of carbonyl (C=O) groups is 1. The lowest BCUT2D eigenvalue weighted by atomic mass is 10.2. The fourth-order valence-corrected chi connectivity index (χ4v) is 1.68. The Balaban J connectivity index is 2.90. The zero-order valence-electron chi connectivity index (χ0n) is 11.2. The molecule has 0 radical (unpaired) electrons. The van der Waals surface area contributed by atoms with E-state index in [4.69, 9.17) is 5.11 Å². The highest BCUT2D eigenvalue weighted by Gasteiger charge is 2.16. The summed E-state index contributed by atoms with van der Waals surface area (Å²) in [6.07, 6.45) is 2.18. The lowest BCUT2D eigenvalue weighted by Crippen LogP contribution is -2.29. The highest BCUT2D eigenvalue weighted by Crippen LogP contribution is 2.17. The number of aromatic nitrogens is 1. The van der Waals surface area contributed by atoms with E-state index in [1.165, 1.54) is 0 Å². The van der Waals surface area contributed by atoms with Crippen LogP contribution in [0, 0.1) is 6.92 Å². The van der Waals surface area contributed by atoms with Crippen LogP contribution in [0.1, 0.15) is 29.4 Å². The number of aliphatic hydroxyl groups excluding tert-OH is 1. The Bertz CT molecular complexity index is 407. The van der Waals surface area contributed by atoms with Crippen molar-refractivity contribution in [3.8, 4) is 0 Å². The molecule has 0 unspecified atom stereocenters. The minimum atomic E-state index is -0.0769. The number of nitrogens with one attached hydrogen (secondary N) is 1. The number of aliphatic hydroxyl groups is 1. The number of aryl methyl sites for hydroxylation is 1. The Hall–Kier alpha value is -1.62. The third-order valence-corrected chi connectivity index (χ3v) is 2.64. The van der Waals surface area contributed by atoms with Gasteiger partial charge < -0.3 is 15.3 Å². The zero-order chi connectivity index (χ0) is 13.5. The average Bonchev–Trinajstić information content (AvgIpc) is 2.36. The summed E-state index contributed by atoms with van der Waals surface area (Å²) < 4.78 is 0. The van der Waals surface area contributed by atoms with E-state index in [2.05, 4.69) is 10.3 Å². The zero-order valence-corrected chi connectivity index (χ0v) is 11.2. The number of rotatable bonds is 6. The van der Waals surface area contributed by atoms with Crippen molar-refractivity contribution in [2.45, 2.75) is 20.3 Å². The van der Waals surface area contributed by atoms with Crippen molar-refractivity contribution < 1.29 is 9.90 Å². The number of carbonyl (C=O) groups excluding carboxylic acids is 1. The van der Waals surface area contributed by atoms with E-state index in [1.54, 1.807) is 18.1 Å². The molecule has 1 heterocycles. The standard InChI is InChI=1S/C13H21N3O2/c1-4-14-12-8-10(2)15-9-11(12)13(18)16(3)6-5-7-17/h8-9,17H,4-7H2,1-3H3,(H,14,15). The average molecular weight is 251 g/mol. The predicted octanol–water partition coefficient (Wildman–Crippen LogP) is 1.28. The van der Waals surface area contributed by atoms with Gasteiger partial charge in [-0.05, 0) is 26.3 Å². The quantitative estimate of drug-likeness (QED) is 0.799. The molecular weight excluding hydrogens is 230 g/mol. The fourth-order valence-electron chi connectivity index (χ4n) is 1.68. The molecule has 0 aliphatic rings. The number of hydrogen-bond donors (Lipinski definition) is 2. The fraction of sp³-hybridized carbons (Fsp3) is 0.538. The second-order valence-corrected chi connectivity index (χ2v) is 4.21. The molecule has 0 atom stereocenters. The van der Waals surface area contributed by atoms with Crippen LogP contribution in [0.2, 0.25) is 0 Å². The Morgan fingerprint density at radius 1 is 1.56 bits per heavy atom. The lowest BCUT2D eigenvalue weighted by molar-refractivity contribution is 0.0787. The summed E-state index contributed by atoms with van der Waals surface area (Å²) in [6.45, 7) is 5.26. The number of hydrogen-bond acceptors (Lipinski definition) is 4. The first-order chi connectivity index (χ1) is 8.60. The summed E-state index contributed by atoms with van der Waals surface area (Å²) in [7, 11) is 1.73. The van der Waals surface area contributed by atoms with Gasteiger partial charge in [0.2, 0.25) is 0 Å². The summed E-state index contributed by atoms with van der Waals surface area (Å²) in [6, 6.07) is 1.87. The molecule has 0 aliphatic carbocycles. The Morgan fingerprint density at radius 3 is 2.89 bits per heavy atom. The molecule has 100 valence electrons. The number of amides is 1. The minimum absolute atomic E-state index is 0.0769. The van der Waals surface area contributed by atoms with Crippen molar-refractivity contribution in [2.75, 3.05) is 32.1 Å². The van der Waals surface area contributed by atoms with Gasteiger partial charge in [0.25, 0.3) is 5.91 Å². The van der Waals surface area contributed by atoms with Gasteiger partial charge in [0.05, 0.1) is 11.3 Å². The minimum Gasteiger partial charge on any atom is -0.396 e. The molecule has 0 aliphatic heterocycles. The van der Waals surface area contributed by atoms with Crippen LogP contribution in [0.3, 0.4) is 0 Å². The van der Waals surface area contributed by atoms with Crippen molar-refractivity contribution in [2.24, 2.45) is 0 Å². The van der Waals surface area contributed by atoms with Crippen molar-refractivity contribution >= 4 is 11.6 Å². The third kappa shape index (κ3) is 3.70. The van der Waals surface area contributed by atoms with Crippen molar-refractivity contribution in [1.82, 2.24) is 9.88 Å². The molecule has 1 aromatic heterocycles. The molecule has 0 bridgehead atoms. The van der Waals surface area contributed by atoms with Crippen molar-refractivity contribution in [1.29, 1.82) is 0 Å². The molecule has 0 saturated heterocycles. The molecule has 1 rings (SSSR count). The molecule has 1 amide bonds. The van der Waals surface area contributed by atoms with E-state index < -0.39 is 0 Å². The molecule has 2 N–H and O–H groups in total. The van der Waals surface area contributed by atoms with Gasteiger partial charge in [-0.1, -0.05) is 0 Å². The molecular formula is C13H21N3O2. The van der Waals surface area contributed by atoms with Gasteiger partial charge in [0.15, 0.2) is 0 Å². The van der Waals surface area contributed by atoms with Crippen molar-refractivity contribution in [3.05, 3.63) is 23.5 Å². The van der Waals surface area contributed by atoms with E-state index in [-0.39, 0.29) is 12.5 Å². The Labute approximate surface area is 108 Å². The van der Waals surface area contributed by atoms with Crippen LogP contribution in [0.15, 0.2) is 12.3 Å². The SMILES string of the molecule is CCNc1cc(C)ncc1C(=O)N(C)CCCO. The smallest absolute Gasteiger partial charge is 0.257 e. The van der Waals surface area contributed by atoms with Crippen LogP contribution in [-0.2, 0) is 0 Å². The molecule has 18 heavy (non-hydrogen) atoms. The summed E-state index contributed by atoms with van der Waals surface area (Å²) in [5.74, 6) is -0.0769. The van der Waals surface area contributed by atoms with Gasteiger partial charge in [-0.2, -0.15) is 0 Å². The van der Waals surface area contributed by atoms with Gasteiger partial charge in [-0.3, -0.25) is 9.78 Å². The summed E-state index contributed by atoms with van der Waals surface area (Å²) in [4.78, 5) is 18.0. The molecule has 5 nitrogen and oxygen atoms in total. The van der Waals surface area contributed by atoms with Crippen LogP contribution in [0.25, 0.3) is 0 Å². The van der Waals surface area contributed by atoms with Crippen LogP contribution in [-0.4, -0.2) is 47.6 Å². The molecule has 0 saturated carbocycles. The maximum absolute atomic E-state index is 12.2. The Kier molecular flexibility index (Phi) is 5.58. The third-order valence-electron chi connectivity index (χ3n) is 2.64. The molecule has 0 fully saturated rings. The monoisotopic (exact) mass is 251 g/mol. The van der Waals surface area contributed by atoms with Crippen LogP contribution in [0.5, 0.6) is 0 Å². The number of pyridine rings is 1. The van der Waals surface area contributed by atoms with E-state index in [9.17, 15) is 4.79 Å². The highest BCUT2D eigenvalue weighted by molar-refractivity contribution is 5.99. The molecule has 1 aromatic rings. The topological polar surface area (TPSA) is 65.5 Å². The number of nitrogens with zero attached hydrogens (tertiary/aromatic N) is 2. The Morgan fingerprint density at radius 2 is 2.28 bits per heavy atom. The van der Waals surface area contributed by atoms with Gasteiger partial charge in [0.1, 0.15) is 0 Å². The first-order valence-corrected chi connectivity index (χ1v) is 6.17. The maximum atomic E-state index is 12.2. The largest absolute Gasteiger partial charge is 0.396 e. The van der Waals surface area contributed by atoms with Crippen LogP contribution in [0.4, 0.5) is 5.69 Å². The van der Waals surface area contributed by atoms with Crippen molar-refractivity contribution in [3.63, 3.8) is 0 Å². The normalized spacial score (nSPS) is 10.2. The van der Waals surface area contributed by atoms with Crippen LogP contribution >= 0.6 is 0 Å². The number of anilines is 1. The summed E-state index contributed by atoms with van der Waals surface area (Å²) in [5, 5.41) is 12.0.